The molecule has 0 atom stereocenters. The van der Waals surface area contributed by atoms with Crippen LogP contribution < -0.4 is 5.32 Å². The van der Waals surface area contributed by atoms with Gasteiger partial charge >= 0.3 is 0 Å². The van der Waals surface area contributed by atoms with Gasteiger partial charge in [-0.3, -0.25) is 9.48 Å². The quantitative estimate of drug-likeness (QED) is 0.879. The van der Waals surface area contributed by atoms with Crippen LogP contribution in [-0.2, 0) is 6.54 Å². The molecule has 1 N–H and O–H groups in total. The number of aromatic nitrogens is 2. The average Bonchev–Trinajstić information content (AvgIpc) is 2.91. The van der Waals surface area contributed by atoms with Gasteiger partial charge in [-0.2, -0.15) is 5.10 Å². The van der Waals surface area contributed by atoms with E-state index in [2.05, 4.69) is 10.4 Å². The summed E-state index contributed by atoms with van der Waals surface area (Å²) in [5.74, 6) is 0.0533. The number of hydrogen-bond donors (Lipinski definition) is 1. The van der Waals surface area contributed by atoms with Crippen LogP contribution in [0.5, 0.6) is 0 Å². The second kappa shape index (κ2) is 7.25. The van der Waals surface area contributed by atoms with Gasteiger partial charge in [-0.15, -0.1) is 0 Å². The molecule has 1 amide bonds. The highest BCUT2D eigenvalue weighted by molar-refractivity contribution is 5.94. The minimum absolute atomic E-state index is 0.0533. The fourth-order valence-corrected chi connectivity index (χ4v) is 3.03. The van der Waals surface area contributed by atoms with E-state index in [-0.39, 0.29) is 5.91 Å². The molecule has 1 aromatic carbocycles. The van der Waals surface area contributed by atoms with Crippen molar-refractivity contribution in [2.75, 3.05) is 0 Å². The lowest BCUT2D eigenvalue weighted by Gasteiger charge is -2.16. The van der Waals surface area contributed by atoms with Gasteiger partial charge in [-0.05, 0) is 36.6 Å². The molecular formula is C18H23N3O. The highest BCUT2D eigenvalue weighted by Crippen LogP contribution is 2.17. The largest absolute Gasteiger partial charge is 0.349 e. The van der Waals surface area contributed by atoms with Gasteiger partial charge in [0.2, 0.25) is 0 Å². The molecule has 1 fully saturated rings. The van der Waals surface area contributed by atoms with E-state index < -0.39 is 0 Å². The summed E-state index contributed by atoms with van der Waals surface area (Å²) in [6, 6.07) is 10.1. The molecule has 2 aromatic rings. The Hall–Kier alpha value is -2.10. The molecule has 4 heteroatoms. The molecule has 116 valence electrons. The number of carbonyl (C=O) groups excluding carboxylic acids is 1. The maximum atomic E-state index is 12.3. The second-order valence-corrected chi connectivity index (χ2v) is 6.06. The Bertz CT molecular complexity index is 581. The van der Waals surface area contributed by atoms with Gasteiger partial charge in [0.25, 0.3) is 5.91 Å². The molecular weight excluding hydrogens is 274 g/mol. The molecule has 1 aromatic heterocycles. The van der Waals surface area contributed by atoms with E-state index in [1.165, 1.54) is 25.7 Å². The first kappa shape index (κ1) is 14.8. The normalized spacial score (nSPS) is 16.2. The molecule has 1 aliphatic rings. The molecule has 0 spiro atoms. The number of carbonyl (C=O) groups is 1. The van der Waals surface area contributed by atoms with Crippen molar-refractivity contribution in [1.29, 1.82) is 0 Å². The summed E-state index contributed by atoms with van der Waals surface area (Å²) in [6.07, 6.45) is 11.0. The van der Waals surface area contributed by atoms with Crippen molar-refractivity contribution in [1.82, 2.24) is 15.1 Å². The van der Waals surface area contributed by atoms with Crippen molar-refractivity contribution in [2.24, 2.45) is 0 Å². The third-order valence-corrected chi connectivity index (χ3v) is 4.31. The molecule has 0 radical (unpaired) electrons. The fraction of sp³-hybridized carbons (Fsp3) is 0.444. The first-order valence-corrected chi connectivity index (χ1v) is 8.18. The predicted octanol–water partition coefficient (Wildman–Crippen LogP) is 3.38. The van der Waals surface area contributed by atoms with Gasteiger partial charge in [0.05, 0.1) is 6.54 Å². The van der Waals surface area contributed by atoms with Crippen LogP contribution in [0.4, 0.5) is 0 Å². The highest BCUT2D eigenvalue weighted by Gasteiger charge is 2.15. The summed E-state index contributed by atoms with van der Waals surface area (Å²) in [6.45, 7) is 0.734. The monoisotopic (exact) mass is 297 g/mol. The first-order valence-electron chi connectivity index (χ1n) is 8.18. The number of amides is 1. The summed E-state index contributed by atoms with van der Waals surface area (Å²) < 4.78 is 1.88. The Kier molecular flexibility index (Phi) is 4.88. The van der Waals surface area contributed by atoms with Crippen LogP contribution >= 0.6 is 0 Å². The average molecular weight is 297 g/mol. The summed E-state index contributed by atoms with van der Waals surface area (Å²) in [4.78, 5) is 12.3. The minimum atomic E-state index is 0.0533. The third-order valence-electron chi connectivity index (χ3n) is 4.31. The van der Waals surface area contributed by atoms with Crippen molar-refractivity contribution in [2.45, 2.75) is 51.1 Å². The Morgan fingerprint density at radius 3 is 2.50 bits per heavy atom. The van der Waals surface area contributed by atoms with Crippen molar-refractivity contribution in [3.8, 4) is 0 Å². The minimum Gasteiger partial charge on any atom is -0.349 e. The molecule has 0 saturated heterocycles. The van der Waals surface area contributed by atoms with E-state index in [1.54, 1.807) is 6.20 Å². The highest BCUT2D eigenvalue weighted by atomic mass is 16.1. The van der Waals surface area contributed by atoms with Gasteiger partial charge in [0.15, 0.2) is 0 Å². The summed E-state index contributed by atoms with van der Waals surface area (Å²) >= 11 is 0. The van der Waals surface area contributed by atoms with Gasteiger partial charge in [-0.1, -0.05) is 37.8 Å². The van der Waals surface area contributed by atoms with Gasteiger partial charge in [0, 0.05) is 24.0 Å². The van der Waals surface area contributed by atoms with Crippen molar-refractivity contribution < 1.29 is 4.79 Å². The van der Waals surface area contributed by atoms with E-state index >= 15 is 0 Å². The van der Waals surface area contributed by atoms with Crippen LogP contribution in [0, 0.1) is 0 Å². The number of benzene rings is 1. The van der Waals surface area contributed by atoms with Gasteiger partial charge in [0.1, 0.15) is 0 Å². The number of nitrogens with one attached hydrogen (secondary N) is 1. The topological polar surface area (TPSA) is 46.9 Å². The Morgan fingerprint density at radius 1 is 1.14 bits per heavy atom. The molecule has 0 bridgehead atoms. The Balaban J connectivity index is 1.58. The predicted molar refractivity (Wildman–Crippen MR) is 86.7 cm³/mol. The van der Waals surface area contributed by atoms with Gasteiger partial charge < -0.3 is 5.32 Å². The van der Waals surface area contributed by atoms with E-state index in [9.17, 15) is 4.79 Å². The van der Waals surface area contributed by atoms with E-state index in [1.807, 2.05) is 41.2 Å². The zero-order chi connectivity index (χ0) is 15.2. The van der Waals surface area contributed by atoms with E-state index in [0.717, 1.165) is 30.5 Å². The molecule has 1 aliphatic carbocycles. The van der Waals surface area contributed by atoms with Crippen LogP contribution in [0.3, 0.4) is 0 Å². The molecule has 4 nitrogen and oxygen atoms in total. The summed E-state index contributed by atoms with van der Waals surface area (Å²) in [7, 11) is 0. The van der Waals surface area contributed by atoms with Crippen molar-refractivity contribution in [3.63, 3.8) is 0 Å². The molecule has 0 aliphatic heterocycles. The third kappa shape index (κ3) is 3.97. The van der Waals surface area contributed by atoms with E-state index in [0.29, 0.717) is 6.04 Å². The molecule has 0 unspecified atom stereocenters. The van der Waals surface area contributed by atoms with Crippen LogP contribution in [0.15, 0.2) is 42.7 Å². The maximum absolute atomic E-state index is 12.3. The number of hydrogen-bond acceptors (Lipinski definition) is 2. The number of nitrogens with zero attached hydrogens (tertiary/aromatic N) is 2. The molecule has 1 heterocycles. The van der Waals surface area contributed by atoms with Crippen LogP contribution in [0.25, 0.3) is 0 Å². The van der Waals surface area contributed by atoms with Crippen LogP contribution in [0.2, 0.25) is 0 Å². The van der Waals surface area contributed by atoms with Crippen LogP contribution in [0.1, 0.15) is 54.4 Å². The lowest BCUT2D eigenvalue weighted by Crippen LogP contribution is -2.34. The SMILES string of the molecule is O=C(NC1CCCCCC1)c1ccc(Cn2cccn2)cc1. The zero-order valence-corrected chi connectivity index (χ0v) is 12.9. The molecule has 3 rings (SSSR count). The summed E-state index contributed by atoms with van der Waals surface area (Å²) in [5.41, 5.74) is 1.89. The smallest absolute Gasteiger partial charge is 0.251 e. The lowest BCUT2D eigenvalue weighted by atomic mass is 10.1. The number of rotatable bonds is 4. The fourth-order valence-electron chi connectivity index (χ4n) is 3.03. The summed E-state index contributed by atoms with van der Waals surface area (Å²) in [5, 5.41) is 7.38. The maximum Gasteiger partial charge on any atom is 0.251 e. The van der Waals surface area contributed by atoms with E-state index in [4.69, 9.17) is 0 Å². The zero-order valence-electron chi connectivity index (χ0n) is 12.9. The van der Waals surface area contributed by atoms with Gasteiger partial charge in [-0.25, -0.2) is 0 Å². The standard InChI is InChI=1S/C18H23N3O/c22-18(20-17-6-3-1-2-4-7-17)16-10-8-15(9-11-16)14-21-13-5-12-19-21/h5,8-13,17H,1-4,6-7,14H2,(H,20,22). The Morgan fingerprint density at radius 2 is 1.86 bits per heavy atom. The first-order chi connectivity index (χ1) is 10.8. The molecule has 22 heavy (non-hydrogen) atoms. The van der Waals surface area contributed by atoms with Crippen molar-refractivity contribution >= 4 is 5.91 Å². The van der Waals surface area contributed by atoms with Crippen LogP contribution in [-0.4, -0.2) is 21.7 Å². The second-order valence-electron chi connectivity index (χ2n) is 6.06. The Labute approximate surface area is 131 Å². The lowest BCUT2D eigenvalue weighted by molar-refractivity contribution is 0.0933. The molecule has 1 saturated carbocycles. The van der Waals surface area contributed by atoms with Crippen molar-refractivity contribution in [3.05, 3.63) is 53.9 Å².